The fourth-order valence-corrected chi connectivity index (χ4v) is 8.76. The normalized spacial score (nSPS) is 13.7. The van der Waals surface area contributed by atoms with Crippen LogP contribution in [0, 0.1) is 5.82 Å². The molecule has 0 N–H and O–H groups in total. The Morgan fingerprint density at radius 2 is 1.45 bits per heavy atom. The largest absolute Gasteiger partial charge is 0.410 e. The van der Waals surface area contributed by atoms with Gasteiger partial charge in [0, 0.05) is 0 Å². The van der Waals surface area contributed by atoms with E-state index < -0.39 is 16.4 Å². The number of hydrogen-bond acceptors (Lipinski definition) is 1. The summed E-state index contributed by atoms with van der Waals surface area (Å²) >= 11 is 0. The van der Waals surface area contributed by atoms with Crippen LogP contribution in [0.3, 0.4) is 0 Å². The first-order valence-electron chi connectivity index (χ1n) is 11.0. The Kier molecular flexibility index (Phi) is 9.06. The molecule has 4 heteroatoms. The third-order valence-electron chi connectivity index (χ3n) is 6.27. The van der Waals surface area contributed by atoms with E-state index in [1.807, 2.05) is 12.1 Å². The van der Waals surface area contributed by atoms with E-state index in [9.17, 15) is 4.39 Å². The molecular formula is C25H37FOSi2. The third-order valence-corrected chi connectivity index (χ3v) is 14.1. The van der Waals surface area contributed by atoms with E-state index in [4.69, 9.17) is 4.43 Å². The fourth-order valence-electron chi connectivity index (χ4n) is 3.84. The lowest BCUT2D eigenvalue weighted by Gasteiger charge is -2.33. The number of allylic oxidation sites excluding steroid dienone is 1. The average Bonchev–Trinajstić information content (AvgIpc) is 2.75. The predicted octanol–water partition coefficient (Wildman–Crippen LogP) is 7.45. The van der Waals surface area contributed by atoms with Crippen LogP contribution in [0.15, 0.2) is 66.7 Å². The summed E-state index contributed by atoms with van der Waals surface area (Å²) < 4.78 is 20.2. The van der Waals surface area contributed by atoms with Crippen molar-refractivity contribution >= 4 is 21.6 Å². The molecule has 0 radical (unpaired) electrons. The molecule has 29 heavy (non-hydrogen) atoms. The molecule has 0 aliphatic heterocycles. The Bertz CT molecular complexity index is 744. The summed E-state index contributed by atoms with van der Waals surface area (Å²) in [6, 6.07) is 22.2. The SMILES string of the molecule is CC[Si](CC)(CC)OC(C/C=C\C[Si](C)(C)c1ccccc1)c1ccc(F)cc1. The quantitative estimate of drug-likeness (QED) is 0.267. The molecule has 2 aromatic carbocycles. The van der Waals surface area contributed by atoms with Gasteiger partial charge in [0.25, 0.3) is 0 Å². The second kappa shape index (κ2) is 11.0. The Balaban J connectivity index is 2.13. The highest BCUT2D eigenvalue weighted by Gasteiger charge is 2.32. The lowest BCUT2D eigenvalue weighted by atomic mass is 10.1. The number of benzene rings is 2. The molecule has 0 aliphatic rings. The maximum Gasteiger partial charge on any atom is 0.192 e. The van der Waals surface area contributed by atoms with E-state index in [1.54, 1.807) is 12.1 Å². The molecule has 0 bridgehead atoms. The summed E-state index contributed by atoms with van der Waals surface area (Å²) in [7, 11) is -3.22. The number of hydrogen-bond donors (Lipinski definition) is 0. The molecule has 0 saturated carbocycles. The predicted molar refractivity (Wildman–Crippen MR) is 130 cm³/mol. The van der Waals surface area contributed by atoms with E-state index in [0.717, 1.165) is 36.2 Å². The molecule has 0 spiro atoms. The van der Waals surface area contributed by atoms with Crippen molar-refractivity contribution in [2.75, 3.05) is 0 Å². The minimum absolute atomic E-state index is 0.0138. The van der Waals surface area contributed by atoms with Crippen LogP contribution in [-0.2, 0) is 4.43 Å². The first kappa shape index (κ1) is 23.8. The summed E-state index contributed by atoms with van der Waals surface area (Å²) in [4.78, 5) is 0. The Labute approximate surface area is 179 Å². The minimum Gasteiger partial charge on any atom is -0.410 e. The van der Waals surface area contributed by atoms with Gasteiger partial charge in [0.2, 0.25) is 0 Å². The van der Waals surface area contributed by atoms with Gasteiger partial charge in [0.15, 0.2) is 8.32 Å². The summed E-state index contributed by atoms with van der Waals surface area (Å²) in [6.45, 7) is 11.6. The Hall–Kier alpha value is -1.50. The van der Waals surface area contributed by atoms with E-state index in [1.165, 1.54) is 5.19 Å². The zero-order chi connectivity index (χ0) is 21.3. The van der Waals surface area contributed by atoms with Gasteiger partial charge in [-0.1, -0.05) is 93.7 Å². The van der Waals surface area contributed by atoms with Crippen LogP contribution in [0.5, 0.6) is 0 Å². The molecule has 2 aromatic rings. The molecule has 1 atom stereocenters. The van der Waals surface area contributed by atoms with Crippen LogP contribution in [0.4, 0.5) is 4.39 Å². The molecule has 2 rings (SSSR count). The highest BCUT2D eigenvalue weighted by molar-refractivity contribution is 6.90. The van der Waals surface area contributed by atoms with Gasteiger partial charge in [-0.15, -0.1) is 0 Å². The Morgan fingerprint density at radius 1 is 0.862 bits per heavy atom. The highest BCUT2D eigenvalue weighted by atomic mass is 28.4. The zero-order valence-corrected chi connectivity index (χ0v) is 20.7. The van der Waals surface area contributed by atoms with Crippen LogP contribution in [0.2, 0.25) is 37.3 Å². The van der Waals surface area contributed by atoms with Gasteiger partial charge in [0.1, 0.15) is 5.82 Å². The molecule has 0 aromatic heterocycles. The summed E-state index contributed by atoms with van der Waals surface area (Å²) in [5, 5.41) is 1.49. The number of halogens is 1. The topological polar surface area (TPSA) is 9.23 Å². The van der Waals surface area contributed by atoms with Crippen LogP contribution < -0.4 is 5.19 Å². The van der Waals surface area contributed by atoms with Gasteiger partial charge in [0.05, 0.1) is 14.2 Å². The molecular weight excluding hydrogens is 391 g/mol. The van der Waals surface area contributed by atoms with Crippen molar-refractivity contribution in [1.29, 1.82) is 0 Å². The van der Waals surface area contributed by atoms with Gasteiger partial charge in [-0.05, 0) is 48.3 Å². The minimum atomic E-state index is -1.75. The molecule has 1 unspecified atom stereocenters. The molecule has 0 heterocycles. The monoisotopic (exact) mass is 428 g/mol. The first-order chi connectivity index (χ1) is 13.9. The Morgan fingerprint density at radius 3 is 2.00 bits per heavy atom. The van der Waals surface area contributed by atoms with Crippen molar-refractivity contribution in [3.05, 3.63) is 78.1 Å². The van der Waals surface area contributed by atoms with Gasteiger partial charge < -0.3 is 4.43 Å². The van der Waals surface area contributed by atoms with Gasteiger partial charge in [-0.3, -0.25) is 0 Å². The van der Waals surface area contributed by atoms with Gasteiger partial charge in [-0.25, -0.2) is 4.39 Å². The lowest BCUT2D eigenvalue weighted by Crippen LogP contribution is -2.40. The van der Waals surface area contributed by atoms with Gasteiger partial charge in [-0.2, -0.15) is 0 Å². The third kappa shape index (κ3) is 6.76. The van der Waals surface area contributed by atoms with E-state index >= 15 is 0 Å². The summed E-state index contributed by atoms with van der Waals surface area (Å²) in [5.74, 6) is -0.191. The van der Waals surface area contributed by atoms with Crippen molar-refractivity contribution in [2.24, 2.45) is 0 Å². The summed E-state index contributed by atoms with van der Waals surface area (Å²) in [6.07, 6.45) is 5.48. The smallest absolute Gasteiger partial charge is 0.192 e. The van der Waals surface area contributed by atoms with Crippen molar-refractivity contribution in [1.82, 2.24) is 0 Å². The van der Waals surface area contributed by atoms with E-state index in [0.29, 0.717) is 0 Å². The van der Waals surface area contributed by atoms with Crippen LogP contribution in [-0.4, -0.2) is 16.4 Å². The van der Waals surface area contributed by atoms with Crippen molar-refractivity contribution in [3.63, 3.8) is 0 Å². The van der Waals surface area contributed by atoms with Crippen LogP contribution in [0.1, 0.15) is 38.9 Å². The van der Waals surface area contributed by atoms with Crippen molar-refractivity contribution in [2.45, 2.75) is 70.6 Å². The van der Waals surface area contributed by atoms with E-state index in [2.05, 4.69) is 76.3 Å². The van der Waals surface area contributed by atoms with Gasteiger partial charge >= 0.3 is 0 Å². The molecule has 0 amide bonds. The maximum atomic E-state index is 13.4. The maximum absolute atomic E-state index is 13.4. The lowest BCUT2D eigenvalue weighted by molar-refractivity contribution is 0.193. The molecule has 1 nitrogen and oxygen atoms in total. The second-order valence-corrected chi connectivity index (χ2v) is 18.0. The first-order valence-corrected chi connectivity index (χ1v) is 16.7. The standard InChI is InChI=1S/C25H37FOSi2/c1-6-29(7-2,8-3)27-25(22-17-19-23(26)20-18-22)16-12-13-21-28(4,5)24-14-10-9-11-15-24/h9-15,17-20,25H,6-8,16,21H2,1-5H3/b13-12-. The summed E-state index contributed by atoms with van der Waals surface area (Å²) in [5.41, 5.74) is 1.09. The second-order valence-electron chi connectivity index (χ2n) is 8.56. The molecule has 0 aliphatic carbocycles. The van der Waals surface area contributed by atoms with Crippen LogP contribution >= 0.6 is 0 Å². The fraction of sp³-hybridized carbons (Fsp3) is 0.440. The van der Waals surface area contributed by atoms with Crippen molar-refractivity contribution in [3.8, 4) is 0 Å². The molecule has 0 saturated heterocycles. The van der Waals surface area contributed by atoms with Crippen LogP contribution in [0.25, 0.3) is 0 Å². The number of rotatable bonds is 11. The molecule has 158 valence electrons. The average molecular weight is 429 g/mol. The zero-order valence-electron chi connectivity index (χ0n) is 18.7. The highest BCUT2D eigenvalue weighted by Crippen LogP contribution is 2.32. The van der Waals surface area contributed by atoms with E-state index in [-0.39, 0.29) is 11.9 Å². The molecule has 0 fully saturated rings. The van der Waals surface area contributed by atoms with Crippen molar-refractivity contribution < 1.29 is 8.82 Å².